The van der Waals surface area contributed by atoms with Gasteiger partial charge in [0, 0.05) is 11.1 Å². The summed E-state index contributed by atoms with van der Waals surface area (Å²) in [6.45, 7) is 2.79. The Morgan fingerprint density at radius 3 is 1.39 bits per heavy atom. The van der Waals surface area contributed by atoms with Crippen LogP contribution in [0.5, 0.6) is 11.5 Å². The first-order valence-corrected chi connectivity index (χ1v) is 9.12. The summed E-state index contributed by atoms with van der Waals surface area (Å²) in [5.74, 6) is 0.149. The third-order valence-corrected chi connectivity index (χ3v) is 5.19. The summed E-state index contributed by atoms with van der Waals surface area (Å²) in [6, 6.07) is 7.82. The van der Waals surface area contributed by atoms with Gasteiger partial charge in [0.1, 0.15) is 31.7 Å². The fourth-order valence-electron chi connectivity index (χ4n) is 2.07. The molecule has 2 rings (SSSR count). The molecule has 0 aromatic heterocycles. The molecule has 2 aromatic carbocycles. The van der Waals surface area contributed by atoms with Crippen molar-refractivity contribution in [3.8, 4) is 11.5 Å². The lowest BCUT2D eigenvalue weighted by Gasteiger charge is -2.17. The second-order valence-electron chi connectivity index (χ2n) is 4.77. The molecule has 9 heteroatoms. The molecule has 0 saturated heterocycles. The highest BCUT2D eigenvalue weighted by Gasteiger charge is 2.14. The van der Waals surface area contributed by atoms with E-state index in [4.69, 9.17) is 4.74 Å². The summed E-state index contributed by atoms with van der Waals surface area (Å²) in [5.41, 5.74) is 0.189. The van der Waals surface area contributed by atoms with Gasteiger partial charge in [-0.2, -0.15) is 0 Å². The van der Waals surface area contributed by atoms with Crippen LogP contribution in [0.25, 0.3) is 0 Å². The first-order chi connectivity index (χ1) is 10.5. The van der Waals surface area contributed by atoms with Crippen molar-refractivity contribution in [2.45, 2.75) is 23.6 Å². The van der Waals surface area contributed by atoms with Crippen molar-refractivity contribution in [1.29, 1.82) is 0 Å². The Labute approximate surface area is 134 Å². The first kappa shape index (κ1) is 17.4. The van der Waals surface area contributed by atoms with Crippen LogP contribution in [-0.2, 0) is 20.2 Å². The lowest BCUT2D eigenvalue weighted by molar-refractivity contribution is 0.451. The number of ether oxygens (including phenoxy) is 1. The Bertz CT molecular complexity index is 881. The Morgan fingerprint density at radius 2 is 1.09 bits per heavy atom. The van der Waals surface area contributed by atoms with Gasteiger partial charge >= 0.3 is 0 Å². The van der Waals surface area contributed by atoms with Crippen LogP contribution in [0.1, 0.15) is 11.1 Å². The number of hydrogen-bond donors (Lipinski definition) is 0. The summed E-state index contributed by atoms with van der Waals surface area (Å²) < 4.78 is 72.6. The maximum Gasteiger partial charge on any atom is 0.131 e. The molecular weight excluding hydrogens is 344 g/mol. The van der Waals surface area contributed by atoms with Crippen molar-refractivity contribution >= 4 is 20.2 Å². The minimum absolute atomic E-state index is 0.0745. The minimum Gasteiger partial charge on any atom is -0.744 e. The minimum atomic E-state index is -4.67. The normalized spacial score (nSPS) is 12.2. The summed E-state index contributed by atoms with van der Waals surface area (Å²) in [5, 5.41) is 0. The van der Waals surface area contributed by atoms with Crippen LogP contribution >= 0.6 is 0 Å². The maximum absolute atomic E-state index is 11.2. The van der Waals surface area contributed by atoms with Gasteiger partial charge in [0.25, 0.3) is 0 Å². The topological polar surface area (TPSA) is 124 Å². The molecule has 0 radical (unpaired) electrons. The van der Waals surface area contributed by atoms with Gasteiger partial charge in [-0.25, -0.2) is 16.8 Å². The molecule has 0 bridgehead atoms. The molecule has 0 fully saturated rings. The summed E-state index contributed by atoms with van der Waals surface area (Å²) in [4.78, 5) is -0.861. The van der Waals surface area contributed by atoms with E-state index in [9.17, 15) is 25.9 Å². The van der Waals surface area contributed by atoms with Crippen molar-refractivity contribution in [2.75, 3.05) is 0 Å². The lowest BCUT2D eigenvalue weighted by atomic mass is 10.2. The van der Waals surface area contributed by atoms with Gasteiger partial charge in [0.2, 0.25) is 0 Å². The van der Waals surface area contributed by atoms with Gasteiger partial charge in [-0.3, -0.25) is 0 Å². The monoisotopic (exact) mass is 356 g/mol. The van der Waals surface area contributed by atoms with Crippen molar-refractivity contribution in [2.24, 2.45) is 0 Å². The quantitative estimate of drug-likeness (QED) is 0.766. The summed E-state index contributed by atoms with van der Waals surface area (Å²) in [6.07, 6.45) is 0. The van der Waals surface area contributed by atoms with E-state index in [2.05, 4.69) is 0 Å². The van der Waals surface area contributed by atoms with Crippen molar-refractivity contribution in [1.82, 2.24) is 0 Å². The van der Waals surface area contributed by atoms with Crippen LogP contribution in [0.2, 0.25) is 0 Å². The molecule has 0 aliphatic carbocycles. The average molecular weight is 356 g/mol. The zero-order valence-electron chi connectivity index (χ0n) is 12.1. The highest BCUT2D eigenvalue weighted by atomic mass is 32.2. The molecule has 0 spiro atoms. The predicted molar refractivity (Wildman–Crippen MR) is 78.4 cm³/mol. The third-order valence-electron chi connectivity index (χ3n) is 3.23. The highest BCUT2D eigenvalue weighted by molar-refractivity contribution is 7.86. The zero-order valence-corrected chi connectivity index (χ0v) is 13.8. The van der Waals surface area contributed by atoms with E-state index >= 15 is 0 Å². The van der Waals surface area contributed by atoms with Gasteiger partial charge in [-0.05, 0) is 38.1 Å². The number of rotatable bonds is 4. The standard InChI is InChI=1S/C14H14O7S2/c1-9-11(5-3-7-13(9)22(15,16)17)21-12-6-4-8-14(10(12)2)23(18,19)20/h3-8H,1-2H3,(H,15,16,17)(H,18,19,20)/p-2. The van der Waals surface area contributed by atoms with Crippen LogP contribution in [0.3, 0.4) is 0 Å². The molecule has 0 aliphatic rings. The molecule has 0 N–H and O–H groups in total. The average Bonchev–Trinajstić information content (AvgIpc) is 2.40. The summed E-state index contributed by atoms with van der Waals surface area (Å²) in [7, 11) is -9.33. The first-order valence-electron chi connectivity index (χ1n) is 6.30. The molecule has 0 heterocycles. The molecule has 0 aliphatic heterocycles. The van der Waals surface area contributed by atoms with Crippen LogP contribution in [0.4, 0.5) is 0 Å². The fourth-order valence-corrected chi connectivity index (χ4v) is 3.51. The van der Waals surface area contributed by atoms with E-state index < -0.39 is 30.0 Å². The van der Waals surface area contributed by atoms with Crippen LogP contribution in [0.15, 0.2) is 46.2 Å². The Hall–Kier alpha value is -1.94. The molecule has 0 amide bonds. The maximum atomic E-state index is 11.2. The van der Waals surface area contributed by atoms with Crippen molar-refractivity contribution in [3.63, 3.8) is 0 Å². The van der Waals surface area contributed by atoms with Gasteiger partial charge in [-0.1, -0.05) is 12.1 Å². The smallest absolute Gasteiger partial charge is 0.131 e. The van der Waals surface area contributed by atoms with E-state index in [0.717, 1.165) is 12.1 Å². The van der Waals surface area contributed by atoms with E-state index in [1.807, 2.05) is 0 Å². The van der Waals surface area contributed by atoms with E-state index in [1.165, 1.54) is 38.1 Å². The molecule has 0 atom stereocenters. The Kier molecular flexibility index (Phi) is 4.49. The predicted octanol–water partition coefficient (Wildman–Crippen LogP) is 1.90. The molecule has 124 valence electrons. The van der Waals surface area contributed by atoms with Gasteiger partial charge in [0.05, 0.1) is 9.79 Å². The van der Waals surface area contributed by atoms with Gasteiger partial charge < -0.3 is 13.8 Å². The zero-order chi connectivity index (χ0) is 17.4. The molecule has 2 aromatic rings. The fraction of sp³-hybridized carbons (Fsp3) is 0.143. The van der Waals surface area contributed by atoms with E-state index in [-0.39, 0.29) is 22.6 Å². The molecular formula is C14H12O7S2-2. The molecule has 0 unspecified atom stereocenters. The van der Waals surface area contributed by atoms with Crippen molar-refractivity contribution in [3.05, 3.63) is 47.5 Å². The largest absolute Gasteiger partial charge is 0.744 e. The molecule has 7 nitrogen and oxygen atoms in total. The lowest BCUT2D eigenvalue weighted by Crippen LogP contribution is -2.04. The van der Waals surface area contributed by atoms with Gasteiger partial charge in [0.15, 0.2) is 0 Å². The van der Waals surface area contributed by atoms with Crippen LogP contribution < -0.4 is 4.74 Å². The second-order valence-corrected chi connectivity index (χ2v) is 7.47. The molecule has 23 heavy (non-hydrogen) atoms. The number of hydrogen-bond acceptors (Lipinski definition) is 7. The highest BCUT2D eigenvalue weighted by Crippen LogP contribution is 2.33. The van der Waals surface area contributed by atoms with Gasteiger partial charge in [-0.15, -0.1) is 0 Å². The second kappa shape index (κ2) is 5.93. The SMILES string of the molecule is Cc1c(Oc2cccc(S(=O)(=O)[O-])c2C)cccc1S(=O)(=O)[O-]. The summed E-state index contributed by atoms with van der Waals surface area (Å²) >= 11 is 0. The Balaban J connectivity index is 2.54. The van der Waals surface area contributed by atoms with Crippen LogP contribution in [0, 0.1) is 13.8 Å². The molecule has 0 saturated carbocycles. The third kappa shape index (κ3) is 3.70. The number of benzene rings is 2. The Morgan fingerprint density at radius 1 is 0.739 bits per heavy atom. The van der Waals surface area contributed by atoms with Crippen molar-refractivity contribution < 1.29 is 30.7 Å². The van der Waals surface area contributed by atoms with Crippen LogP contribution in [-0.4, -0.2) is 25.9 Å². The van der Waals surface area contributed by atoms with E-state index in [0.29, 0.717) is 0 Å². The van der Waals surface area contributed by atoms with E-state index in [1.54, 1.807) is 0 Å².